The van der Waals surface area contributed by atoms with Crippen LogP contribution < -0.4 is 5.32 Å². The molecule has 7 atom stereocenters. The Bertz CT molecular complexity index is 1520. The van der Waals surface area contributed by atoms with E-state index < -0.39 is 49.5 Å². The molecule has 1 rings (SSSR count). The van der Waals surface area contributed by atoms with Crippen LogP contribution in [0.4, 0.5) is 0 Å². The predicted molar refractivity (Wildman–Crippen MR) is 361 cm³/mol. The molecule has 1 aliphatic rings. The van der Waals surface area contributed by atoms with Crippen LogP contribution in [0.2, 0.25) is 0 Å². The zero-order chi connectivity index (χ0) is 62.3. The van der Waals surface area contributed by atoms with E-state index in [9.17, 15) is 35.1 Å². The molecule has 7 unspecified atom stereocenters. The van der Waals surface area contributed by atoms with Crippen molar-refractivity contribution in [2.45, 2.75) is 410 Å². The van der Waals surface area contributed by atoms with Crippen LogP contribution in [-0.4, -0.2) is 100 Å². The van der Waals surface area contributed by atoms with Gasteiger partial charge in [0.1, 0.15) is 24.4 Å². The summed E-state index contributed by atoms with van der Waals surface area (Å²) >= 11 is 0. The molecule has 1 saturated heterocycles. The lowest BCUT2D eigenvalue weighted by atomic mass is 9.99. The van der Waals surface area contributed by atoms with Crippen molar-refractivity contribution in [1.82, 2.24) is 5.32 Å². The highest BCUT2D eigenvalue weighted by Crippen LogP contribution is 2.23. The van der Waals surface area contributed by atoms with E-state index in [1.165, 1.54) is 283 Å². The minimum absolute atomic E-state index is 0.00884. The molecule has 11 heteroatoms. The first-order chi connectivity index (χ1) is 42.2. The monoisotopic (exact) mass is 1220 g/mol. The van der Waals surface area contributed by atoms with Crippen molar-refractivity contribution < 1.29 is 49.3 Å². The van der Waals surface area contributed by atoms with Crippen LogP contribution in [-0.2, 0) is 23.8 Å². The van der Waals surface area contributed by atoms with Crippen molar-refractivity contribution in [3.63, 3.8) is 0 Å². The molecule has 0 aromatic heterocycles. The average Bonchev–Trinajstić information content (AvgIpc) is 3.60. The summed E-state index contributed by atoms with van der Waals surface area (Å²) in [6, 6.07) is -0.807. The summed E-state index contributed by atoms with van der Waals surface area (Å²) in [5.74, 6) is -0.172. The number of carbonyl (C=O) groups excluding carboxylic acids is 2. The number of allylic oxidation sites excluding steroid dienone is 5. The summed E-state index contributed by atoms with van der Waals surface area (Å²) in [5, 5.41) is 54.3. The van der Waals surface area contributed by atoms with Crippen molar-refractivity contribution in [2.24, 2.45) is 0 Å². The fourth-order valence-electron chi connectivity index (χ4n) is 11.8. The fourth-order valence-corrected chi connectivity index (χ4v) is 11.8. The maximum atomic E-state index is 13.0. The molecule has 1 heterocycles. The van der Waals surface area contributed by atoms with E-state index in [4.69, 9.17) is 14.2 Å². The minimum atomic E-state index is -1.57. The number of rotatable bonds is 66. The van der Waals surface area contributed by atoms with Gasteiger partial charge < -0.3 is 45.1 Å². The lowest BCUT2D eigenvalue weighted by molar-refractivity contribution is -0.302. The van der Waals surface area contributed by atoms with Crippen LogP contribution in [0.5, 0.6) is 0 Å². The number of amides is 1. The van der Waals surface area contributed by atoms with Gasteiger partial charge in [0.05, 0.1) is 32.0 Å². The third-order valence-electron chi connectivity index (χ3n) is 17.7. The third kappa shape index (κ3) is 52.6. The normalized spacial score (nSPS) is 18.1. The van der Waals surface area contributed by atoms with Gasteiger partial charge in [-0.15, -0.1) is 0 Å². The Labute approximate surface area is 530 Å². The van der Waals surface area contributed by atoms with E-state index in [0.29, 0.717) is 19.4 Å². The van der Waals surface area contributed by atoms with Gasteiger partial charge in [0, 0.05) is 12.8 Å². The number of esters is 1. The SMILES string of the molecule is CCCCCCCC/C=C\CCCCCCCCCCCC(=O)OCCCCCCCCCCCCCC/C=C\CCCCCCCCCCCCCCCCC(=O)NC(COC1OC(CO)C(O)C(O)C1O)C(O)/C=C/CCCCCCCCC. The van der Waals surface area contributed by atoms with E-state index >= 15 is 0 Å². The summed E-state index contributed by atoms with van der Waals surface area (Å²) in [7, 11) is 0. The molecule has 86 heavy (non-hydrogen) atoms. The molecule has 1 aliphatic heterocycles. The summed E-state index contributed by atoms with van der Waals surface area (Å²) in [5.41, 5.74) is 0. The van der Waals surface area contributed by atoms with E-state index in [-0.39, 0.29) is 18.5 Å². The van der Waals surface area contributed by atoms with Crippen LogP contribution in [0.1, 0.15) is 367 Å². The molecule has 0 aliphatic carbocycles. The molecular formula is C75H141NO10. The van der Waals surface area contributed by atoms with Gasteiger partial charge in [0.25, 0.3) is 0 Å². The number of hydrogen-bond acceptors (Lipinski definition) is 10. The van der Waals surface area contributed by atoms with Crippen molar-refractivity contribution in [2.75, 3.05) is 19.8 Å². The molecule has 0 radical (unpaired) electrons. The molecule has 0 saturated carbocycles. The van der Waals surface area contributed by atoms with Crippen molar-refractivity contribution in [1.29, 1.82) is 0 Å². The van der Waals surface area contributed by atoms with Crippen LogP contribution in [0.15, 0.2) is 36.5 Å². The molecule has 0 bridgehead atoms. The molecular weight excluding hydrogens is 1070 g/mol. The van der Waals surface area contributed by atoms with E-state index in [0.717, 1.165) is 57.8 Å². The number of carbonyl (C=O) groups is 2. The number of aliphatic hydroxyl groups excluding tert-OH is 5. The molecule has 1 fully saturated rings. The Kier molecular flexibility index (Phi) is 61.3. The topological polar surface area (TPSA) is 175 Å². The third-order valence-corrected chi connectivity index (χ3v) is 17.7. The molecule has 6 N–H and O–H groups in total. The standard InChI is InChI=1S/C75H141NO10/c1-3-5-7-9-11-13-14-15-16-17-30-34-37-40-43-47-51-55-59-63-71(80)84-64-60-56-52-48-44-41-38-35-32-29-27-25-23-21-19-18-20-22-24-26-28-31-33-36-39-42-46-50-54-58-62-70(79)76-67(68(78)61-57-53-49-45-12-10-8-6-4-2)66-85-75-74(83)73(82)72(81)69(65-77)86-75/h15-16,19,21,57,61,67-69,72-75,77-78,81-83H,3-14,17-18,20,22-56,58-60,62-66H2,1-2H3,(H,76,79)/b16-15-,21-19-,61-57+. The predicted octanol–water partition coefficient (Wildman–Crippen LogP) is 19.4. The van der Waals surface area contributed by atoms with E-state index in [2.05, 4.69) is 43.5 Å². The zero-order valence-electron chi connectivity index (χ0n) is 56.3. The maximum Gasteiger partial charge on any atom is 0.305 e. The van der Waals surface area contributed by atoms with Gasteiger partial charge in [-0.1, -0.05) is 307 Å². The van der Waals surface area contributed by atoms with Gasteiger partial charge in [-0.3, -0.25) is 9.59 Å². The minimum Gasteiger partial charge on any atom is -0.466 e. The number of hydrogen-bond donors (Lipinski definition) is 6. The molecule has 0 aromatic carbocycles. The van der Waals surface area contributed by atoms with E-state index in [1.54, 1.807) is 6.08 Å². The van der Waals surface area contributed by atoms with Crippen LogP contribution >= 0.6 is 0 Å². The Balaban J connectivity index is 1.89. The summed E-state index contributed by atoms with van der Waals surface area (Å²) in [4.78, 5) is 25.1. The van der Waals surface area contributed by atoms with Gasteiger partial charge in [0.15, 0.2) is 6.29 Å². The molecule has 11 nitrogen and oxygen atoms in total. The first-order valence-electron chi connectivity index (χ1n) is 37.3. The Morgan fingerprint density at radius 3 is 1.12 bits per heavy atom. The van der Waals surface area contributed by atoms with Crippen molar-refractivity contribution in [3.8, 4) is 0 Å². The maximum absolute atomic E-state index is 13.0. The van der Waals surface area contributed by atoms with Gasteiger partial charge in [-0.25, -0.2) is 0 Å². The second kappa shape index (κ2) is 64.4. The molecule has 0 spiro atoms. The number of unbranched alkanes of at least 4 members (excludes halogenated alkanes) is 48. The zero-order valence-corrected chi connectivity index (χ0v) is 56.3. The molecule has 1 amide bonds. The largest absolute Gasteiger partial charge is 0.466 e. The summed E-state index contributed by atoms with van der Waals surface area (Å²) in [6.45, 7) is 4.35. The van der Waals surface area contributed by atoms with Gasteiger partial charge in [0.2, 0.25) is 5.91 Å². The molecule has 0 aromatic rings. The highest BCUT2D eigenvalue weighted by Gasteiger charge is 2.44. The number of ether oxygens (including phenoxy) is 3. The second-order valence-corrected chi connectivity index (χ2v) is 26.0. The number of nitrogens with one attached hydrogen (secondary N) is 1. The summed E-state index contributed by atoms with van der Waals surface area (Å²) in [6.07, 6.45) is 73.1. The van der Waals surface area contributed by atoms with E-state index in [1.807, 2.05) is 6.08 Å². The van der Waals surface area contributed by atoms with Crippen molar-refractivity contribution in [3.05, 3.63) is 36.5 Å². The van der Waals surface area contributed by atoms with Gasteiger partial charge >= 0.3 is 5.97 Å². The lowest BCUT2D eigenvalue weighted by Gasteiger charge is -2.40. The van der Waals surface area contributed by atoms with Crippen LogP contribution in [0.25, 0.3) is 0 Å². The Hall–Kier alpha value is -2.12. The van der Waals surface area contributed by atoms with Gasteiger partial charge in [-0.05, 0) is 83.5 Å². The van der Waals surface area contributed by atoms with Crippen LogP contribution in [0, 0.1) is 0 Å². The van der Waals surface area contributed by atoms with Gasteiger partial charge in [-0.2, -0.15) is 0 Å². The quantitative estimate of drug-likeness (QED) is 0.0195. The average molecular weight is 1220 g/mol. The Morgan fingerprint density at radius 1 is 0.419 bits per heavy atom. The number of aliphatic hydroxyl groups is 5. The summed E-state index contributed by atoms with van der Waals surface area (Å²) < 4.78 is 16.7. The first kappa shape index (κ1) is 81.9. The second-order valence-electron chi connectivity index (χ2n) is 26.0. The smallest absolute Gasteiger partial charge is 0.305 e. The first-order valence-corrected chi connectivity index (χ1v) is 37.3. The Morgan fingerprint density at radius 2 is 0.744 bits per heavy atom. The fraction of sp³-hybridized carbons (Fsp3) is 0.893. The highest BCUT2D eigenvalue weighted by molar-refractivity contribution is 5.76. The van der Waals surface area contributed by atoms with Crippen molar-refractivity contribution >= 4 is 11.9 Å². The molecule has 506 valence electrons. The van der Waals surface area contributed by atoms with Crippen LogP contribution in [0.3, 0.4) is 0 Å². The highest BCUT2D eigenvalue weighted by atomic mass is 16.7. The lowest BCUT2D eigenvalue weighted by Crippen LogP contribution is -2.60.